The Balaban J connectivity index is 2.20. The van der Waals surface area contributed by atoms with E-state index in [9.17, 15) is 24.4 Å². The Kier molecular flexibility index (Phi) is 5.37. The van der Waals surface area contributed by atoms with E-state index in [0.717, 1.165) is 17.0 Å². The molecule has 1 saturated heterocycles. The normalized spacial score (nSPS) is 24.9. The Morgan fingerprint density at radius 2 is 2.21 bits per heavy atom. The first-order chi connectivity index (χ1) is 13.1. The van der Waals surface area contributed by atoms with Crippen LogP contribution in [0.5, 0.6) is 0 Å². The molecule has 0 radical (unpaired) electrons. The molecule has 2 aliphatic rings. The average molecular weight is 411 g/mol. The number of halogens is 1. The maximum absolute atomic E-state index is 14.8. The van der Waals surface area contributed by atoms with Crippen molar-refractivity contribution in [3.05, 3.63) is 39.7 Å². The van der Waals surface area contributed by atoms with Crippen LogP contribution in [0.15, 0.2) is 23.2 Å². The third-order valence-electron chi connectivity index (χ3n) is 5.00. The molecule has 152 valence electrons. The Morgan fingerprint density at radius 3 is 2.82 bits per heavy atom. The van der Waals surface area contributed by atoms with Crippen LogP contribution in [0.2, 0.25) is 0 Å². The van der Waals surface area contributed by atoms with E-state index in [1.165, 1.54) is 17.8 Å². The van der Waals surface area contributed by atoms with Crippen LogP contribution in [0.3, 0.4) is 0 Å². The lowest BCUT2D eigenvalue weighted by molar-refractivity contribution is -0.385. The smallest absolute Gasteiger partial charge is 0.413 e. The minimum Gasteiger partial charge on any atom is -0.465 e. The fourth-order valence-electron chi connectivity index (χ4n) is 3.62. The van der Waals surface area contributed by atoms with Crippen LogP contribution in [-0.4, -0.2) is 50.7 Å². The third-order valence-corrected chi connectivity index (χ3v) is 6.10. The van der Waals surface area contributed by atoms with Crippen LogP contribution in [0, 0.1) is 21.8 Å². The van der Waals surface area contributed by atoms with Crippen LogP contribution in [-0.2, 0) is 10.3 Å². The lowest BCUT2D eigenvalue weighted by Gasteiger charge is -2.46. The zero-order valence-corrected chi connectivity index (χ0v) is 16.7. The van der Waals surface area contributed by atoms with Gasteiger partial charge in [0, 0.05) is 41.5 Å². The molecule has 0 aliphatic carbocycles. The molecular formula is C18H22FN3O5S. The van der Waals surface area contributed by atoms with E-state index in [-0.39, 0.29) is 28.9 Å². The number of nitrogens with zero attached hydrogens (tertiary/aromatic N) is 3. The lowest BCUT2D eigenvalue weighted by Crippen LogP contribution is -2.53. The largest absolute Gasteiger partial charge is 0.465 e. The Hall–Kier alpha value is -2.20. The highest BCUT2D eigenvalue weighted by Gasteiger charge is 2.49. The molecule has 3 rings (SSSR count). The maximum Gasteiger partial charge on any atom is 0.413 e. The number of aliphatic imine (C=N–C) groups is 1. The minimum atomic E-state index is -1.20. The van der Waals surface area contributed by atoms with Crippen molar-refractivity contribution in [2.45, 2.75) is 38.3 Å². The molecule has 0 aromatic heterocycles. The Bertz CT molecular complexity index is 841. The molecule has 1 aromatic rings. The summed E-state index contributed by atoms with van der Waals surface area (Å²) in [7, 11) is 0. The summed E-state index contributed by atoms with van der Waals surface area (Å²) in [4.78, 5) is 28.4. The van der Waals surface area contributed by atoms with E-state index < -0.39 is 27.9 Å². The van der Waals surface area contributed by atoms with Crippen LogP contribution in [0.1, 0.15) is 32.8 Å². The number of amidine groups is 1. The Labute approximate surface area is 165 Å². The molecule has 0 saturated carbocycles. The highest BCUT2D eigenvalue weighted by atomic mass is 32.2. The van der Waals surface area contributed by atoms with Crippen LogP contribution in [0.25, 0.3) is 0 Å². The van der Waals surface area contributed by atoms with E-state index in [4.69, 9.17) is 9.73 Å². The number of nitro groups is 1. The van der Waals surface area contributed by atoms with Crippen molar-refractivity contribution in [1.82, 2.24) is 4.90 Å². The summed E-state index contributed by atoms with van der Waals surface area (Å²) < 4.78 is 20.4. The minimum absolute atomic E-state index is 0.0391. The molecule has 1 aromatic carbocycles. The highest BCUT2D eigenvalue weighted by molar-refractivity contribution is 8.13. The molecule has 1 fully saturated rings. The van der Waals surface area contributed by atoms with Gasteiger partial charge in [-0.15, -0.1) is 0 Å². The van der Waals surface area contributed by atoms with E-state index in [0.29, 0.717) is 18.8 Å². The van der Waals surface area contributed by atoms with Crippen molar-refractivity contribution in [1.29, 1.82) is 0 Å². The van der Waals surface area contributed by atoms with Crippen molar-refractivity contribution in [2.75, 3.05) is 19.0 Å². The topological polar surface area (TPSA) is 105 Å². The van der Waals surface area contributed by atoms with Gasteiger partial charge >= 0.3 is 6.09 Å². The number of thioether (sulfide) groups is 1. The lowest BCUT2D eigenvalue weighted by atomic mass is 9.76. The van der Waals surface area contributed by atoms with Gasteiger partial charge < -0.3 is 9.84 Å². The molecule has 2 atom stereocenters. The number of benzene rings is 1. The fourth-order valence-corrected chi connectivity index (χ4v) is 5.12. The van der Waals surface area contributed by atoms with Gasteiger partial charge in [0.05, 0.1) is 11.5 Å². The number of hydrogen-bond acceptors (Lipinski definition) is 6. The average Bonchev–Trinajstić information content (AvgIpc) is 2.60. The standard InChI is InChI=1S/C18H22FN3O5S/c1-17(2,3)21(16(23)24)15-20-18(10-27-7-6-11(18)9-28-15)13-8-12(22(25)26)4-5-14(13)19/h4-5,8,11H,6-7,9-10H2,1-3H3,(H,23,24)/t11-,18?/m1/s1. The van der Waals surface area contributed by atoms with Crippen molar-refractivity contribution in [3.8, 4) is 0 Å². The molecule has 1 amide bonds. The summed E-state index contributed by atoms with van der Waals surface area (Å²) in [6.07, 6.45) is -0.558. The second-order valence-electron chi connectivity index (χ2n) is 7.88. The summed E-state index contributed by atoms with van der Waals surface area (Å²) in [5.74, 6) is -0.222. The summed E-state index contributed by atoms with van der Waals surface area (Å²) in [5, 5.41) is 21.2. The zero-order chi connectivity index (χ0) is 20.7. The highest BCUT2D eigenvalue weighted by Crippen LogP contribution is 2.47. The van der Waals surface area contributed by atoms with Crippen LogP contribution in [0.4, 0.5) is 14.9 Å². The zero-order valence-electron chi connectivity index (χ0n) is 15.8. The molecule has 2 aliphatic heterocycles. The second-order valence-corrected chi connectivity index (χ2v) is 8.87. The van der Waals surface area contributed by atoms with Gasteiger partial charge in [0.1, 0.15) is 11.4 Å². The molecular weight excluding hydrogens is 389 g/mol. The molecule has 2 heterocycles. The molecule has 0 bridgehead atoms. The van der Waals surface area contributed by atoms with Gasteiger partial charge in [-0.1, -0.05) is 11.8 Å². The summed E-state index contributed by atoms with van der Waals surface area (Å²) in [6, 6.07) is 3.36. The molecule has 10 heteroatoms. The number of ether oxygens (including phenoxy) is 1. The van der Waals surface area contributed by atoms with Gasteiger partial charge in [-0.25, -0.2) is 14.2 Å². The van der Waals surface area contributed by atoms with Crippen molar-refractivity contribution in [3.63, 3.8) is 0 Å². The first-order valence-electron chi connectivity index (χ1n) is 8.84. The molecule has 0 spiro atoms. The SMILES string of the molecule is CC(C)(C)N(C(=O)O)C1=NC2(c3cc([N+](=O)[O-])ccc3F)COCC[C@@H]2CS1. The number of amides is 1. The maximum atomic E-state index is 14.8. The quantitative estimate of drug-likeness (QED) is 0.585. The number of hydrogen-bond donors (Lipinski definition) is 1. The second kappa shape index (κ2) is 7.32. The number of rotatable bonds is 2. The van der Waals surface area contributed by atoms with Crippen LogP contribution < -0.4 is 0 Å². The van der Waals surface area contributed by atoms with Gasteiger partial charge in [-0.3, -0.25) is 15.0 Å². The molecule has 1 N–H and O–H groups in total. The predicted octanol–water partition coefficient (Wildman–Crippen LogP) is 3.85. The van der Waals surface area contributed by atoms with E-state index in [1.54, 1.807) is 20.8 Å². The third kappa shape index (κ3) is 3.58. The van der Waals surface area contributed by atoms with Crippen molar-refractivity contribution >= 4 is 28.7 Å². The molecule has 8 nitrogen and oxygen atoms in total. The van der Waals surface area contributed by atoms with Gasteiger partial charge in [0.15, 0.2) is 5.17 Å². The first-order valence-corrected chi connectivity index (χ1v) is 9.83. The summed E-state index contributed by atoms with van der Waals surface area (Å²) in [6.45, 7) is 5.75. The van der Waals surface area contributed by atoms with Gasteiger partial charge in [-0.05, 0) is 33.3 Å². The van der Waals surface area contributed by atoms with Crippen LogP contribution >= 0.6 is 11.8 Å². The molecule has 1 unspecified atom stereocenters. The Morgan fingerprint density at radius 1 is 1.50 bits per heavy atom. The first kappa shape index (κ1) is 20.5. The number of fused-ring (bicyclic) bond motifs is 1. The van der Waals surface area contributed by atoms with Gasteiger partial charge in [0.25, 0.3) is 5.69 Å². The number of carbonyl (C=O) groups is 1. The summed E-state index contributed by atoms with van der Waals surface area (Å²) in [5.41, 5.74) is -2.13. The number of carboxylic acid groups (broad SMARTS) is 1. The van der Waals surface area contributed by atoms with Crippen molar-refractivity contribution in [2.24, 2.45) is 10.9 Å². The van der Waals surface area contributed by atoms with Gasteiger partial charge in [-0.2, -0.15) is 0 Å². The fraction of sp³-hybridized carbons (Fsp3) is 0.556. The van der Waals surface area contributed by atoms with E-state index in [1.807, 2.05) is 0 Å². The molecule has 28 heavy (non-hydrogen) atoms. The number of nitro benzene ring substituents is 1. The number of non-ortho nitro benzene ring substituents is 1. The van der Waals surface area contributed by atoms with E-state index in [2.05, 4.69) is 0 Å². The monoisotopic (exact) mass is 411 g/mol. The van der Waals surface area contributed by atoms with Gasteiger partial charge in [0.2, 0.25) is 0 Å². The van der Waals surface area contributed by atoms with E-state index >= 15 is 0 Å². The summed E-state index contributed by atoms with van der Waals surface area (Å²) >= 11 is 1.30. The predicted molar refractivity (Wildman–Crippen MR) is 103 cm³/mol. The van der Waals surface area contributed by atoms with Crippen molar-refractivity contribution < 1.29 is 24.0 Å².